The lowest BCUT2D eigenvalue weighted by Crippen LogP contribution is -2.55. The van der Waals surface area contributed by atoms with Gasteiger partial charge in [-0.15, -0.1) is 0 Å². The number of ether oxygens (including phenoxy) is 1. The van der Waals surface area contributed by atoms with Crippen LogP contribution in [0.1, 0.15) is 39.2 Å². The van der Waals surface area contributed by atoms with Gasteiger partial charge in [0, 0.05) is 18.0 Å². The fourth-order valence-corrected chi connectivity index (χ4v) is 3.14. The number of rotatable bonds is 3. The molecule has 1 aliphatic heterocycles. The molecule has 23 heavy (non-hydrogen) atoms. The minimum Gasteiger partial charge on any atom is -0.479 e. The van der Waals surface area contributed by atoms with Crippen molar-refractivity contribution >= 4 is 23.7 Å². The van der Waals surface area contributed by atoms with Crippen LogP contribution in [-0.2, 0) is 16.0 Å². The predicted molar refractivity (Wildman–Crippen MR) is 87.7 cm³/mol. The first-order chi connectivity index (χ1) is 10.6. The summed E-state index contributed by atoms with van der Waals surface area (Å²) in [5.74, 6) is -1.01. The Morgan fingerprint density at radius 1 is 1.39 bits per heavy atom. The van der Waals surface area contributed by atoms with Gasteiger partial charge in [-0.3, -0.25) is 4.90 Å². The van der Waals surface area contributed by atoms with E-state index in [0.717, 1.165) is 5.56 Å². The zero-order valence-corrected chi connectivity index (χ0v) is 14.4. The number of hydrogen-bond acceptors (Lipinski definition) is 3. The van der Waals surface area contributed by atoms with E-state index >= 15 is 0 Å². The van der Waals surface area contributed by atoms with Gasteiger partial charge < -0.3 is 9.84 Å². The zero-order chi connectivity index (χ0) is 17.3. The third-order valence-electron chi connectivity index (χ3n) is 3.89. The molecule has 1 aromatic rings. The average Bonchev–Trinajstić information content (AvgIpc) is 2.82. The van der Waals surface area contributed by atoms with Crippen molar-refractivity contribution in [3.8, 4) is 0 Å². The Morgan fingerprint density at radius 3 is 2.65 bits per heavy atom. The molecule has 6 heteroatoms. The van der Waals surface area contributed by atoms with Crippen LogP contribution < -0.4 is 0 Å². The minimum atomic E-state index is -1.28. The van der Waals surface area contributed by atoms with Gasteiger partial charge in [-0.2, -0.15) is 0 Å². The van der Waals surface area contributed by atoms with Gasteiger partial charge in [0.1, 0.15) is 11.1 Å². The summed E-state index contributed by atoms with van der Waals surface area (Å²) in [6, 6.07) is 7.07. The number of halogens is 1. The first-order valence-corrected chi connectivity index (χ1v) is 8.00. The van der Waals surface area contributed by atoms with Crippen LogP contribution in [0.3, 0.4) is 0 Å². The highest BCUT2D eigenvalue weighted by atomic mass is 35.5. The molecule has 1 saturated heterocycles. The van der Waals surface area contributed by atoms with Crippen molar-refractivity contribution in [2.45, 2.75) is 51.2 Å². The number of carbonyl (C=O) groups excluding carboxylic acids is 1. The van der Waals surface area contributed by atoms with Crippen LogP contribution in [0.4, 0.5) is 4.79 Å². The molecule has 1 fully saturated rings. The molecule has 1 heterocycles. The van der Waals surface area contributed by atoms with Crippen LogP contribution in [0.15, 0.2) is 24.3 Å². The van der Waals surface area contributed by atoms with Crippen molar-refractivity contribution in [1.82, 2.24) is 4.90 Å². The molecule has 5 nitrogen and oxygen atoms in total. The third kappa shape index (κ3) is 3.96. The molecule has 2 rings (SSSR count). The number of likely N-dealkylation sites (tertiary alicyclic amines) is 1. The molecular formula is C17H22ClNO4. The van der Waals surface area contributed by atoms with Crippen molar-refractivity contribution in [3.05, 3.63) is 34.9 Å². The maximum Gasteiger partial charge on any atom is 0.411 e. The first kappa shape index (κ1) is 17.6. The van der Waals surface area contributed by atoms with Crippen molar-refractivity contribution < 1.29 is 19.4 Å². The Bertz CT molecular complexity index is 611. The number of amides is 1. The number of benzene rings is 1. The molecule has 0 aliphatic carbocycles. The number of aliphatic carboxylic acids is 1. The smallest absolute Gasteiger partial charge is 0.411 e. The van der Waals surface area contributed by atoms with Gasteiger partial charge in [0.15, 0.2) is 0 Å². The molecular weight excluding hydrogens is 318 g/mol. The van der Waals surface area contributed by atoms with Crippen LogP contribution in [0.5, 0.6) is 0 Å². The molecule has 1 unspecified atom stereocenters. The maximum absolute atomic E-state index is 12.5. The van der Waals surface area contributed by atoms with E-state index in [9.17, 15) is 14.7 Å². The molecule has 1 amide bonds. The van der Waals surface area contributed by atoms with Crippen LogP contribution in [-0.4, -0.2) is 39.8 Å². The summed E-state index contributed by atoms with van der Waals surface area (Å²) in [5, 5.41) is 10.4. The van der Waals surface area contributed by atoms with E-state index in [0.29, 0.717) is 24.4 Å². The summed E-state index contributed by atoms with van der Waals surface area (Å²) in [6.45, 7) is 5.67. The largest absolute Gasteiger partial charge is 0.479 e. The SMILES string of the molecule is CC(C)(C)OC(=O)N1CCCC1(Cc1cccc(Cl)c1)C(=O)O. The molecule has 1 aliphatic rings. The Kier molecular flexibility index (Phi) is 4.90. The summed E-state index contributed by atoms with van der Waals surface area (Å²) in [7, 11) is 0. The van der Waals surface area contributed by atoms with Crippen LogP contribution in [0.2, 0.25) is 5.02 Å². The van der Waals surface area contributed by atoms with Crippen molar-refractivity contribution in [2.75, 3.05) is 6.54 Å². The van der Waals surface area contributed by atoms with E-state index in [-0.39, 0.29) is 6.42 Å². The molecule has 0 spiro atoms. The number of carbonyl (C=O) groups is 2. The van der Waals surface area contributed by atoms with E-state index in [1.54, 1.807) is 39.0 Å². The van der Waals surface area contributed by atoms with Crippen molar-refractivity contribution in [2.24, 2.45) is 0 Å². The molecule has 1 aromatic carbocycles. The minimum absolute atomic E-state index is 0.210. The van der Waals surface area contributed by atoms with Crippen molar-refractivity contribution in [1.29, 1.82) is 0 Å². The standard InChI is InChI=1S/C17H22ClNO4/c1-16(2,3)23-15(22)19-9-5-8-17(19,14(20)21)11-12-6-4-7-13(18)10-12/h4,6-7,10H,5,8-9,11H2,1-3H3,(H,20,21). The van der Waals surface area contributed by atoms with Crippen LogP contribution >= 0.6 is 11.6 Å². The normalized spacial score (nSPS) is 21.3. The number of nitrogens with zero attached hydrogens (tertiary/aromatic N) is 1. The third-order valence-corrected chi connectivity index (χ3v) is 4.12. The highest BCUT2D eigenvalue weighted by Crippen LogP contribution is 2.35. The lowest BCUT2D eigenvalue weighted by molar-refractivity contribution is -0.149. The summed E-state index contributed by atoms with van der Waals surface area (Å²) < 4.78 is 5.39. The topological polar surface area (TPSA) is 66.8 Å². The Labute approximate surface area is 141 Å². The second kappa shape index (κ2) is 6.40. The number of carboxylic acids is 1. The summed E-state index contributed by atoms with van der Waals surface area (Å²) >= 11 is 5.99. The summed E-state index contributed by atoms with van der Waals surface area (Å²) in [6.07, 6.45) is 0.655. The molecule has 1 N–H and O–H groups in total. The highest BCUT2D eigenvalue weighted by molar-refractivity contribution is 6.30. The lowest BCUT2D eigenvalue weighted by atomic mass is 9.88. The Balaban J connectivity index is 2.31. The molecule has 0 saturated carbocycles. The average molecular weight is 340 g/mol. The fraction of sp³-hybridized carbons (Fsp3) is 0.529. The van der Waals surface area contributed by atoms with E-state index in [1.807, 2.05) is 6.07 Å². The molecule has 0 bridgehead atoms. The molecule has 1 atom stereocenters. The molecule has 0 aromatic heterocycles. The van der Waals surface area contributed by atoms with Crippen LogP contribution in [0, 0.1) is 0 Å². The first-order valence-electron chi connectivity index (χ1n) is 7.62. The quantitative estimate of drug-likeness (QED) is 0.911. The summed E-state index contributed by atoms with van der Waals surface area (Å²) in [4.78, 5) is 25.8. The van der Waals surface area contributed by atoms with Gasteiger partial charge in [-0.25, -0.2) is 9.59 Å². The van der Waals surface area contributed by atoms with E-state index in [2.05, 4.69) is 0 Å². The van der Waals surface area contributed by atoms with E-state index in [1.165, 1.54) is 4.90 Å². The summed E-state index contributed by atoms with van der Waals surface area (Å²) in [5.41, 5.74) is -1.16. The fourth-order valence-electron chi connectivity index (χ4n) is 2.93. The highest BCUT2D eigenvalue weighted by Gasteiger charge is 2.51. The van der Waals surface area contributed by atoms with Crippen LogP contribution in [0.25, 0.3) is 0 Å². The number of hydrogen-bond donors (Lipinski definition) is 1. The van der Waals surface area contributed by atoms with E-state index in [4.69, 9.17) is 16.3 Å². The second-order valence-electron chi connectivity index (χ2n) is 6.88. The van der Waals surface area contributed by atoms with Gasteiger partial charge in [0.25, 0.3) is 0 Å². The Morgan fingerprint density at radius 2 is 2.09 bits per heavy atom. The lowest BCUT2D eigenvalue weighted by Gasteiger charge is -2.36. The van der Waals surface area contributed by atoms with Gasteiger partial charge in [0.2, 0.25) is 0 Å². The second-order valence-corrected chi connectivity index (χ2v) is 7.32. The Hall–Kier alpha value is -1.75. The monoisotopic (exact) mass is 339 g/mol. The van der Waals surface area contributed by atoms with Gasteiger partial charge in [-0.05, 0) is 51.3 Å². The number of carboxylic acid groups (broad SMARTS) is 1. The molecule has 0 radical (unpaired) electrons. The van der Waals surface area contributed by atoms with Gasteiger partial charge >= 0.3 is 12.1 Å². The maximum atomic E-state index is 12.5. The molecule has 126 valence electrons. The predicted octanol–water partition coefficient (Wildman–Crippen LogP) is 3.74. The van der Waals surface area contributed by atoms with Crippen molar-refractivity contribution in [3.63, 3.8) is 0 Å². The zero-order valence-electron chi connectivity index (χ0n) is 13.6. The van der Waals surface area contributed by atoms with Gasteiger partial charge in [-0.1, -0.05) is 23.7 Å². The van der Waals surface area contributed by atoms with E-state index < -0.39 is 23.2 Å². The van der Waals surface area contributed by atoms with Gasteiger partial charge in [0.05, 0.1) is 0 Å².